The maximum Gasteiger partial charge on any atom is 0.240 e. The first-order valence-corrected chi connectivity index (χ1v) is 7.77. The van der Waals surface area contributed by atoms with Crippen molar-refractivity contribution in [3.63, 3.8) is 0 Å². The molecule has 0 unspecified atom stereocenters. The summed E-state index contributed by atoms with van der Waals surface area (Å²) in [5, 5.41) is 8.27. The summed E-state index contributed by atoms with van der Waals surface area (Å²) in [5.41, 5.74) is 1.30. The summed E-state index contributed by atoms with van der Waals surface area (Å²) >= 11 is 0. The van der Waals surface area contributed by atoms with Crippen molar-refractivity contribution in [2.45, 2.75) is 31.7 Å². The van der Waals surface area contributed by atoms with Crippen LogP contribution in [0.25, 0.3) is 0 Å². The van der Waals surface area contributed by atoms with Gasteiger partial charge in [0.1, 0.15) is 0 Å². The Morgan fingerprint density at radius 2 is 2.36 bits per heavy atom. The minimum Gasteiger partial charge on any atom is -0.384 e. The fraction of sp³-hybridized carbons (Fsp3) is 0.667. The van der Waals surface area contributed by atoms with Crippen LogP contribution in [-0.2, 0) is 24.8 Å². The number of methoxy groups -OCH3 is 1. The SMILES string of the molecule is COCCc1noc(CN2CCC[C@H](c3ccnn3C)C2)n1. The first kappa shape index (κ1) is 15.2. The second-order valence-corrected chi connectivity index (χ2v) is 5.80. The molecule has 0 saturated carbocycles. The van der Waals surface area contributed by atoms with Gasteiger partial charge in [0.25, 0.3) is 0 Å². The Labute approximate surface area is 130 Å². The molecule has 0 aromatic carbocycles. The predicted molar refractivity (Wildman–Crippen MR) is 80.3 cm³/mol. The molecule has 120 valence electrons. The third kappa shape index (κ3) is 3.53. The number of piperidine rings is 1. The summed E-state index contributed by atoms with van der Waals surface area (Å²) in [6.07, 6.45) is 4.95. The molecule has 0 N–H and O–H groups in total. The van der Waals surface area contributed by atoms with Crippen molar-refractivity contribution >= 4 is 0 Å². The summed E-state index contributed by atoms with van der Waals surface area (Å²) in [6.45, 7) is 3.42. The third-order valence-corrected chi connectivity index (χ3v) is 4.18. The van der Waals surface area contributed by atoms with E-state index in [0.29, 0.717) is 31.4 Å². The van der Waals surface area contributed by atoms with E-state index in [4.69, 9.17) is 9.26 Å². The number of likely N-dealkylation sites (tertiary alicyclic amines) is 1. The van der Waals surface area contributed by atoms with Crippen molar-refractivity contribution in [2.75, 3.05) is 26.8 Å². The van der Waals surface area contributed by atoms with E-state index in [2.05, 4.69) is 26.2 Å². The van der Waals surface area contributed by atoms with Crippen molar-refractivity contribution < 1.29 is 9.26 Å². The number of ether oxygens (including phenoxy) is 1. The Morgan fingerprint density at radius 1 is 1.45 bits per heavy atom. The lowest BCUT2D eigenvalue weighted by molar-refractivity contribution is 0.174. The molecule has 0 radical (unpaired) electrons. The normalized spacial score (nSPS) is 19.6. The molecule has 2 aromatic heterocycles. The summed E-state index contributed by atoms with van der Waals surface area (Å²) in [4.78, 5) is 6.81. The number of rotatable bonds is 6. The lowest BCUT2D eigenvalue weighted by atomic mass is 9.95. The van der Waals surface area contributed by atoms with Crippen LogP contribution in [0.4, 0.5) is 0 Å². The van der Waals surface area contributed by atoms with Crippen molar-refractivity contribution in [2.24, 2.45) is 7.05 Å². The maximum absolute atomic E-state index is 5.34. The molecule has 1 fully saturated rings. The fourth-order valence-electron chi connectivity index (χ4n) is 3.07. The van der Waals surface area contributed by atoms with Gasteiger partial charge in [-0.15, -0.1) is 0 Å². The van der Waals surface area contributed by atoms with Gasteiger partial charge in [0.2, 0.25) is 5.89 Å². The highest BCUT2D eigenvalue weighted by atomic mass is 16.5. The van der Waals surface area contributed by atoms with E-state index in [-0.39, 0.29) is 0 Å². The lowest BCUT2D eigenvalue weighted by Gasteiger charge is -2.31. The van der Waals surface area contributed by atoms with Gasteiger partial charge < -0.3 is 9.26 Å². The van der Waals surface area contributed by atoms with Gasteiger partial charge in [0.15, 0.2) is 5.82 Å². The summed E-state index contributed by atoms with van der Waals surface area (Å²) in [5.74, 6) is 1.94. The monoisotopic (exact) mass is 305 g/mol. The topological polar surface area (TPSA) is 69.2 Å². The highest BCUT2D eigenvalue weighted by Crippen LogP contribution is 2.27. The molecular weight excluding hydrogens is 282 g/mol. The molecule has 22 heavy (non-hydrogen) atoms. The van der Waals surface area contributed by atoms with E-state index < -0.39 is 0 Å². The Balaban J connectivity index is 1.58. The number of aryl methyl sites for hydroxylation is 1. The molecule has 2 aromatic rings. The minimum absolute atomic E-state index is 0.525. The van der Waals surface area contributed by atoms with E-state index in [1.165, 1.54) is 18.5 Å². The number of hydrogen-bond acceptors (Lipinski definition) is 6. The Bertz CT molecular complexity index is 594. The molecule has 0 amide bonds. The Morgan fingerprint density at radius 3 is 3.14 bits per heavy atom. The highest BCUT2D eigenvalue weighted by molar-refractivity contribution is 5.09. The molecule has 3 rings (SSSR count). The predicted octanol–water partition coefficient (Wildman–Crippen LogP) is 1.37. The van der Waals surface area contributed by atoms with Crippen molar-refractivity contribution in [3.05, 3.63) is 29.7 Å². The Hall–Kier alpha value is -1.73. The zero-order chi connectivity index (χ0) is 15.4. The molecular formula is C15H23N5O2. The van der Waals surface area contributed by atoms with Crippen LogP contribution in [-0.4, -0.2) is 51.6 Å². The standard InChI is InChI=1S/C15H23N5O2/c1-19-13(5-7-16-19)12-4-3-8-20(10-12)11-15-17-14(18-22-15)6-9-21-2/h5,7,12H,3-4,6,8-11H2,1-2H3/t12-/m0/s1. The van der Waals surface area contributed by atoms with Crippen LogP contribution < -0.4 is 0 Å². The zero-order valence-corrected chi connectivity index (χ0v) is 13.2. The summed E-state index contributed by atoms with van der Waals surface area (Å²) < 4.78 is 12.3. The van der Waals surface area contributed by atoms with Crippen LogP contribution in [0.15, 0.2) is 16.8 Å². The zero-order valence-electron chi connectivity index (χ0n) is 13.2. The third-order valence-electron chi connectivity index (χ3n) is 4.18. The minimum atomic E-state index is 0.525. The van der Waals surface area contributed by atoms with E-state index in [0.717, 1.165) is 18.9 Å². The average molecular weight is 305 g/mol. The van der Waals surface area contributed by atoms with E-state index >= 15 is 0 Å². The molecule has 1 saturated heterocycles. The highest BCUT2D eigenvalue weighted by Gasteiger charge is 2.24. The van der Waals surface area contributed by atoms with Crippen LogP contribution in [0.3, 0.4) is 0 Å². The molecule has 1 aliphatic rings. The summed E-state index contributed by atoms with van der Waals surface area (Å²) in [7, 11) is 3.68. The molecule has 7 heteroatoms. The van der Waals surface area contributed by atoms with E-state index in [1.54, 1.807) is 7.11 Å². The van der Waals surface area contributed by atoms with Crippen molar-refractivity contribution in [1.29, 1.82) is 0 Å². The van der Waals surface area contributed by atoms with Crippen LogP contribution in [0.1, 0.15) is 36.2 Å². The second-order valence-electron chi connectivity index (χ2n) is 5.80. The number of hydrogen-bond donors (Lipinski definition) is 0. The van der Waals surface area contributed by atoms with Gasteiger partial charge in [-0.1, -0.05) is 5.16 Å². The van der Waals surface area contributed by atoms with Crippen molar-refractivity contribution in [1.82, 2.24) is 24.8 Å². The summed E-state index contributed by atoms with van der Waals surface area (Å²) in [6, 6.07) is 2.11. The van der Waals surface area contributed by atoms with Gasteiger partial charge in [0, 0.05) is 44.9 Å². The first-order chi connectivity index (χ1) is 10.8. The molecule has 1 atom stereocenters. The van der Waals surface area contributed by atoms with Gasteiger partial charge in [-0.3, -0.25) is 9.58 Å². The Kier molecular flexibility index (Phi) is 4.84. The molecule has 0 bridgehead atoms. The largest absolute Gasteiger partial charge is 0.384 e. The van der Waals surface area contributed by atoms with E-state index in [1.807, 2.05) is 17.9 Å². The van der Waals surface area contributed by atoms with Crippen LogP contribution in [0.5, 0.6) is 0 Å². The van der Waals surface area contributed by atoms with Gasteiger partial charge in [-0.2, -0.15) is 10.1 Å². The smallest absolute Gasteiger partial charge is 0.240 e. The van der Waals surface area contributed by atoms with Gasteiger partial charge >= 0.3 is 0 Å². The second kappa shape index (κ2) is 7.02. The molecule has 1 aliphatic heterocycles. The van der Waals surface area contributed by atoms with Crippen LogP contribution in [0.2, 0.25) is 0 Å². The molecule has 0 aliphatic carbocycles. The number of aromatic nitrogens is 4. The van der Waals surface area contributed by atoms with E-state index in [9.17, 15) is 0 Å². The van der Waals surface area contributed by atoms with Gasteiger partial charge in [-0.05, 0) is 25.5 Å². The quantitative estimate of drug-likeness (QED) is 0.803. The molecule has 7 nitrogen and oxygen atoms in total. The number of nitrogens with zero attached hydrogens (tertiary/aromatic N) is 5. The average Bonchev–Trinajstić information content (AvgIpc) is 3.14. The van der Waals surface area contributed by atoms with Crippen LogP contribution >= 0.6 is 0 Å². The first-order valence-electron chi connectivity index (χ1n) is 7.77. The van der Waals surface area contributed by atoms with Crippen LogP contribution in [0, 0.1) is 0 Å². The molecule has 0 spiro atoms. The maximum atomic E-state index is 5.34. The lowest BCUT2D eigenvalue weighted by Crippen LogP contribution is -2.34. The fourth-order valence-corrected chi connectivity index (χ4v) is 3.07. The van der Waals surface area contributed by atoms with Gasteiger partial charge in [0.05, 0.1) is 13.2 Å². The molecule has 3 heterocycles. The van der Waals surface area contributed by atoms with Gasteiger partial charge in [-0.25, -0.2) is 0 Å². The van der Waals surface area contributed by atoms with Crippen molar-refractivity contribution in [3.8, 4) is 0 Å².